The van der Waals surface area contributed by atoms with Gasteiger partial charge in [-0.1, -0.05) is 23.7 Å². The quantitative estimate of drug-likeness (QED) is 0.497. The van der Waals surface area contributed by atoms with E-state index < -0.39 is 0 Å². The molecule has 0 radical (unpaired) electrons. The van der Waals surface area contributed by atoms with Crippen LogP contribution in [0.4, 0.5) is 5.69 Å². The van der Waals surface area contributed by atoms with E-state index in [1.165, 1.54) is 15.9 Å². The molecule has 1 N–H and O–H groups in total. The lowest BCUT2D eigenvalue weighted by molar-refractivity contribution is 0.198. The molecule has 0 bridgehead atoms. The highest BCUT2D eigenvalue weighted by Gasteiger charge is 2.23. The van der Waals surface area contributed by atoms with Gasteiger partial charge in [-0.2, -0.15) is 0 Å². The van der Waals surface area contributed by atoms with Gasteiger partial charge in [0.2, 0.25) is 0 Å². The van der Waals surface area contributed by atoms with Gasteiger partial charge >= 0.3 is 0 Å². The lowest BCUT2D eigenvalue weighted by atomic mass is 10.2. The van der Waals surface area contributed by atoms with Gasteiger partial charge < -0.3 is 14.7 Å². The number of thiophene rings is 1. The molecule has 6 nitrogen and oxygen atoms in total. The number of halogens is 1. The zero-order chi connectivity index (χ0) is 21.5. The summed E-state index contributed by atoms with van der Waals surface area (Å²) < 4.78 is 7.72. The summed E-state index contributed by atoms with van der Waals surface area (Å²) in [7, 11) is 1.61. The Morgan fingerprint density at radius 1 is 1.19 bits per heavy atom. The van der Waals surface area contributed by atoms with Crippen LogP contribution in [0.3, 0.4) is 0 Å². The maximum absolute atomic E-state index is 13.2. The lowest BCUT2D eigenvalue weighted by Gasteiger charge is -2.21. The number of β-amino-alcohol motifs (C(OH)–C–C–N with tert-alkyl or cyclic N) is 1. The minimum Gasteiger partial charge on any atom is -0.495 e. The van der Waals surface area contributed by atoms with E-state index in [2.05, 4.69) is 9.88 Å². The van der Waals surface area contributed by atoms with Crippen LogP contribution in [-0.2, 0) is 0 Å². The Kier molecular flexibility index (Phi) is 5.17. The summed E-state index contributed by atoms with van der Waals surface area (Å²) in [4.78, 5) is 20.8. The van der Waals surface area contributed by atoms with Crippen molar-refractivity contribution < 1.29 is 9.84 Å². The van der Waals surface area contributed by atoms with Crippen molar-refractivity contribution in [1.29, 1.82) is 0 Å². The third-order valence-corrected chi connectivity index (χ3v) is 6.93. The molecule has 5 rings (SSSR count). The van der Waals surface area contributed by atoms with Gasteiger partial charge in [-0.25, -0.2) is 4.98 Å². The fourth-order valence-corrected chi connectivity index (χ4v) is 5.06. The van der Waals surface area contributed by atoms with Crippen LogP contribution < -0.4 is 15.2 Å². The predicted octanol–water partition coefficient (Wildman–Crippen LogP) is 4.35. The van der Waals surface area contributed by atoms with Crippen LogP contribution in [0, 0.1) is 0 Å². The third-order valence-electron chi connectivity index (χ3n) is 5.51. The van der Waals surface area contributed by atoms with E-state index in [9.17, 15) is 9.90 Å². The normalized spacial score (nSPS) is 16.2. The fourth-order valence-electron chi connectivity index (χ4n) is 3.89. The van der Waals surface area contributed by atoms with Crippen LogP contribution >= 0.6 is 22.9 Å². The molecule has 158 valence electrons. The average Bonchev–Trinajstić information content (AvgIpc) is 3.41. The molecule has 0 saturated carbocycles. The second-order valence-corrected chi connectivity index (χ2v) is 8.98. The van der Waals surface area contributed by atoms with Crippen molar-refractivity contribution in [3.63, 3.8) is 0 Å². The molecule has 2 aromatic heterocycles. The van der Waals surface area contributed by atoms with E-state index in [1.807, 2.05) is 48.5 Å². The monoisotopic (exact) mass is 453 g/mol. The molecule has 1 aliphatic heterocycles. The molecule has 2 aromatic carbocycles. The van der Waals surface area contributed by atoms with Crippen LogP contribution in [0.1, 0.15) is 6.42 Å². The van der Waals surface area contributed by atoms with Crippen molar-refractivity contribution in [2.24, 2.45) is 0 Å². The number of anilines is 1. The topological polar surface area (TPSA) is 67.6 Å². The Morgan fingerprint density at radius 2 is 2.00 bits per heavy atom. The molecule has 1 saturated heterocycles. The number of rotatable bonds is 4. The van der Waals surface area contributed by atoms with E-state index >= 15 is 0 Å². The summed E-state index contributed by atoms with van der Waals surface area (Å²) in [5.41, 5.74) is 3.14. The number of benzene rings is 2. The Balaban J connectivity index is 1.55. The molecule has 1 aliphatic rings. The predicted molar refractivity (Wildman–Crippen MR) is 125 cm³/mol. The van der Waals surface area contributed by atoms with Gasteiger partial charge in [0.05, 0.1) is 30.1 Å². The Bertz CT molecular complexity index is 1320. The summed E-state index contributed by atoms with van der Waals surface area (Å²) in [5, 5.41) is 10.5. The minimum absolute atomic E-state index is 0.124. The smallest absolute Gasteiger partial charge is 0.275 e. The number of hydrogen-bond donors (Lipinski definition) is 1. The van der Waals surface area contributed by atoms with E-state index in [1.54, 1.807) is 13.4 Å². The summed E-state index contributed by atoms with van der Waals surface area (Å²) in [6.07, 6.45) is 1.96. The van der Waals surface area contributed by atoms with Crippen LogP contribution in [-0.4, -0.2) is 41.0 Å². The van der Waals surface area contributed by atoms with Crippen LogP contribution in [0.2, 0.25) is 5.02 Å². The van der Waals surface area contributed by atoms with Gasteiger partial charge in [0.25, 0.3) is 5.56 Å². The van der Waals surface area contributed by atoms with E-state index in [4.69, 9.17) is 16.3 Å². The molecule has 0 unspecified atom stereocenters. The number of aliphatic hydroxyl groups is 1. The maximum Gasteiger partial charge on any atom is 0.275 e. The number of hydrogen-bond acceptors (Lipinski definition) is 6. The minimum atomic E-state index is -0.327. The summed E-state index contributed by atoms with van der Waals surface area (Å²) in [6.45, 7) is 1.35. The highest BCUT2D eigenvalue weighted by atomic mass is 35.5. The van der Waals surface area contributed by atoms with Gasteiger partial charge in [-0.3, -0.25) is 9.36 Å². The standard InChI is InChI=1S/C23H20ClN3O3S/c1-30-20-10-16(6-7-19(20)26-9-8-17(28)12-26)27-13-25-18-11-21(31-22(18)23(27)29)14-2-4-15(24)5-3-14/h2-7,10-11,13,17,28H,8-9,12H2,1H3/t17-/m0/s1. The molecule has 0 spiro atoms. The van der Waals surface area contributed by atoms with Gasteiger partial charge in [0.1, 0.15) is 16.8 Å². The molecule has 0 aliphatic carbocycles. The highest BCUT2D eigenvalue weighted by molar-refractivity contribution is 7.22. The molecule has 3 heterocycles. The molecule has 31 heavy (non-hydrogen) atoms. The molecular weight excluding hydrogens is 434 g/mol. The first-order chi connectivity index (χ1) is 15.0. The first-order valence-corrected chi connectivity index (χ1v) is 11.1. The van der Waals surface area contributed by atoms with Crippen molar-refractivity contribution in [3.05, 3.63) is 70.2 Å². The SMILES string of the molecule is COc1cc(-n2cnc3cc(-c4ccc(Cl)cc4)sc3c2=O)ccc1N1CC[C@H](O)C1. The summed E-state index contributed by atoms with van der Waals surface area (Å²) in [6, 6.07) is 15.1. The number of methoxy groups -OCH3 is 1. The Labute approximate surface area is 187 Å². The van der Waals surface area contributed by atoms with Gasteiger partial charge in [0, 0.05) is 29.1 Å². The molecule has 0 amide bonds. The molecular formula is C23H20ClN3O3S. The second kappa shape index (κ2) is 8.00. The largest absolute Gasteiger partial charge is 0.495 e. The number of nitrogens with zero attached hydrogens (tertiary/aromatic N) is 3. The molecule has 1 fully saturated rings. The summed E-state index contributed by atoms with van der Waals surface area (Å²) >= 11 is 7.41. The van der Waals surface area contributed by atoms with Gasteiger partial charge in [-0.15, -0.1) is 11.3 Å². The zero-order valence-electron chi connectivity index (χ0n) is 16.8. The number of aliphatic hydroxyl groups excluding tert-OH is 1. The van der Waals surface area contributed by atoms with Crippen molar-refractivity contribution in [2.75, 3.05) is 25.1 Å². The van der Waals surface area contributed by atoms with Crippen LogP contribution in [0.5, 0.6) is 5.75 Å². The highest BCUT2D eigenvalue weighted by Crippen LogP contribution is 2.34. The number of ether oxygens (including phenoxy) is 1. The second-order valence-electron chi connectivity index (χ2n) is 7.50. The van der Waals surface area contributed by atoms with E-state index in [0.717, 1.165) is 29.1 Å². The Hall–Kier alpha value is -2.87. The first-order valence-electron chi connectivity index (χ1n) is 9.92. The van der Waals surface area contributed by atoms with Gasteiger partial charge in [-0.05, 0) is 42.3 Å². The third kappa shape index (κ3) is 3.69. The van der Waals surface area contributed by atoms with E-state index in [-0.39, 0.29) is 11.7 Å². The maximum atomic E-state index is 13.2. The molecule has 8 heteroatoms. The first kappa shape index (κ1) is 20.1. The van der Waals surface area contributed by atoms with Crippen LogP contribution in [0.15, 0.2) is 59.7 Å². The van der Waals surface area contributed by atoms with Crippen molar-refractivity contribution >= 4 is 38.8 Å². The summed E-state index contributed by atoms with van der Waals surface area (Å²) in [5.74, 6) is 0.659. The molecule has 4 aromatic rings. The Morgan fingerprint density at radius 3 is 2.71 bits per heavy atom. The lowest BCUT2D eigenvalue weighted by Crippen LogP contribution is -2.22. The van der Waals surface area contributed by atoms with Gasteiger partial charge in [0.15, 0.2) is 0 Å². The zero-order valence-corrected chi connectivity index (χ0v) is 18.4. The number of fused-ring (bicyclic) bond motifs is 1. The molecule has 1 atom stereocenters. The number of aromatic nitrogens is 2. The average molecular weight is 454 g/mol. The van der Waals surface area contributed by atoms with Crippen molar-refractivity contribution in [3.8, 4) is 21.9 Å². The van der Waals surface area contributed by atoms with Crippen molar-refractivity contribution in [2.45, 2.75) is 12.5 Å². The van der Waals surface area contributed by atoms with Crippen molar-refractivity contribution in [1.82, 2.24) is 9.55 Å². The van der Waals surface area contributed by atoms with Crippen LogP contribution in [0.25, 0.3) is 26.3 Å². The fraction of sp³-hybridized carbons (Fsp3) is 0.217. The van der Waals surface area contributed by atoms with E-state index in [0.29, 0.717) is 33.2 Å².